The molecule has 2 N–H and O–H groups in total. The van der Waals surface area contributed by atoms with E-state index >= 15 is 0 Å². The molecule has 1 aromatic heterocycles. The van der Waals surface area contributed by atoms with Crippen molar-refractivity contribution in [2.75, 3.05) is 7.11 Å². The average Bonchev–Trinajstić information content (AvgIpc) is 3.15. The predicted octanol–water partition coefficient (Wildman–Crippen LogP) is 4.64. The summed E-state index contributed by atoms with van der Waals surface area (Å²) < 4.78 is 26.5. The highest BCUT2D eigenvalue weighted by atomic mass is 19.1. The van der Waals surface area contributed by atoms with Crippen LogP contribution in [0.25, 0.3) is 16.6 Å². The van der Waals surface area contributed by atoms with Crippen molar-refractivity contribution in [1.29, 1.82) is 0 Å². The van der Waals surface area contributed by atoms with Crippen molar-refractivity contribution >= 4 is 10.9 Å². The second-order valence-corrected chi connectivity index (χ2v) is 6.93. The number of hydrogen-bond acceptors (Lipinski definition) is 4. The summed E-state index contributed by atoms with van der Waals surface area (Å²) in [5.41, 5.74) is 8.84. The van der Waals surface area contributed by atoms with E-state index in [9.17, 15) is 4.39 Å². The predicted molar refractivity (Wildman–Crippen MR) is 111 cm³/mol. The van der Waals surface area contributed by atoms with Crippen molar-refractivity contribution in [3.05, 3.63) is 84.3 Å². The average molecular weight is 391 g/mol. The van der Waals surface area contributed by atoms with Gasteiger partial charge in [-0.15, -0.1) is 0 Å². The number of benzene rings is 3. The molecule has 2 atom stereocenters. The minimum absolute atomic E-state index is 0.222. The number of hydrogen-bond donors (Lipinski definition) is 1. The number of nitrogens with zero attached hydrogens (tertiary/aromatic N) is 2. The van der Waals surface area contributed by atoms with Gasteiger partial charge in [-0.1, -0.05) is 12.1 Å². The summed E-state index contributed by atoms with van der Waals surface area (Å²) in [7, 11) is 1.63. The van der Waals surface area contributed by atoms with Crippen LogP contribution in [0.5, 0.6) is 11.5 Å². The summed E-state index contributed by atoms with van der Waals surface area (Å²) in [6.07, 6.45) is 1.44. The van der Waals surface area contributed by atoms with E-state index in [2.05, 4.69) is 5.10 Å². The van der Waals surface area contributed by atoms with Crippen LogP contribution in [0, 0.1) is 5.82 Å². The minimum atomic E-state index is -0.324. The summed E-state index contributed by atoms with van der Waals surface area (Å²) in [6.45, 7) is 1.91. The Morgan fingerprint density at radius 3 is 2.52 bits per heavy atom. The first-order chi connectivity index (χ1) is 14.0. The molecular weight excluding hydrogens is 369 g/mol. The molecule has 0 aliphatic rings. The van der Waals surface area contributed by atoms with Crippen molar-refractivity contribution in [1.82, 2.24) is 9.78 Å². The summed E-state index contributed by atoms with van der Waals surface area (Å²) in [6, 6.07) is 19.5. The van der Waals surface area contributed by atoms with E-state index in [0.717, 1.165) is 27.9 Å². The molecule has 0 aliphatic heterocycles. The summed E-state index contributed by atoms with van der Waals surface area (Å²) in [5, 5.41) is 5.35. The third-order valence-corrected chi connectivity index (χ3v) is 4.77. The molecule has 0 bridgehead atoms. The van der Waals surface area contributed by atoms with Gasteiger partial charge in [-0.2, -0.15) is 5.10 Å². The van der Waals surface area contributed by atoms with E-state index in [1.165, 1.54) is 12.1 Å². The standard InChI is InChI=1S/C23H22FN3O2/c1-15(25)23(16-4-3-5-20(12-16)28-2)29-21-10-11-22-17(13-21)14-26-27(22)19-8-6-18(24)7-9-19/h3-15,23H,25H2,1-2H3/t15?,23-/m0/s1. The largest absolute Gasteiger partial charge is 0.497 e. The van der Waals surface area contributed by atoms with E-state index in [-0.39, 0.29) is 18.0 Å². The third kappa shape index (κ3) is 3.93. The molecule has 0 spiro atoms. The lowest BCUT2D eigenvalue weighted by molar-refractivity contribution is 0.180. The van der Waals surface area contributed by atoms with Crippen LogP contribution in [0.3, 0.4) is 0 Å². The van der Waals surface area contributed by atoms with Crippen molar-refractivity contribution < 1.29 is 13.9 Å². The number of aromatic nitrogens is 2. The third-order valence-electron chi connectivity index (χ3n) is 4.77. The first kappa shape index (κ1) is 19.0. The molecule has 5 nitrogen and oxygen atoms in total. The smallest absolute Gasteiger partial charge is 0.139 e. The van der Waals surface area contributed by atoms with E-state index in [4.69, 9.17) is 15.2 Å². The SMILES string of the molecule is COc1cccc([C@@H](Oc2ccc3c(cnn3-c3ccc(F)cc3)c2)C(C)N)c1. The van der Waals surface area contributed by atoms with E-state index in [1.54, 1.807) is 30.1 Å². The van der Waals surface area contributed by atoms with E-state index < -0.39 is 0 Å². The van der Waals surface area contributed by atoms with Crippen LogP contribution in [0.2, 0.25) is 0 Å². The van der Waals surface area contributed by atoms with Crippen LogP contribution in [-0.2, 0) is 0 Å². The lowest BCUT2D eigenvalue weighted by atomic mass is 10.0. The van der Waals surface area contributed by atoms with E-state index in [0.29, 0.717) is 5.75 Å². The maximum atomic E-state index is 13.2. The zero-order chi connectivity index (χ0) is 20.4. The molecule has 148 valence electrons. The zero-order valence-electron chi connectivity index (χ0n) is 16.2. The number of fused-ring (bicyclic) bond motifs is 1. The van der Waals surface area contributed by atoms with Gasteiger partial charge < -0.3 is 15.2 Å². The van der Waals surface area contributed by atoms with Crippen molar-refractivity contribution in [2.45, 2.75) is 19.1 Å². The quantitative estimate of drug-likeness (QED) is 0.520. The number of halogens is 1. The van der Waals surface area contributed by atoms with Crippen LogP contribution in [0.4, 0.5) is 4.39 Å². The maximum Gasteiger partial charge on any atom is 0.139 e. The van der Waals surface area contributed by atoms with Gasteiger partial charge in [0, 0.05) is 11.4 Å². The minimum Gasteiger partial charge on any atom is -0.497 e. The van der Waals surface area contributed by atoms with Crippen LogP contribution < -0.4 is 15.2 Å². The van der Waals surface area contributed by atoms with Gasteiger partial charge in [0.25, 0.3) is 0 Å². The van der Waals surface area contributed by atoms with Crippen LogP contribution in [-0.4, -0.2) is 22.9 Å². The molecule has 0 saturated heterocycles. The molecule has 1 heterocycles. The molecule has 0 amide bonds. The topological polar surface area (TPSA) is 62.3 Å². The Morgan fingerprint density at radius 1 is 1.00 bits per heavy atom. The van der Waals surface area contributed by atoms with Gasteiger partial charge >= 0.3 is 0 Å². The van der Waals surface area contributed by atoms with Crippen LogP contribution in [0.15, 0.2) is 72.9 Å². The Labute approximate surface area is 168 Å². The number of nitrogens with two attached hydrogens (primary N) is 1. The normalized spacial score (nSPS) is 13.2. The summed E-state index contributed by atoms with van der Waals surface area (Å²) >= 11 is 0. The Hall–Kier alpha value is -3.38. The van der Waals surface area contributed by atoms with Gasteiger partial charge in [0.05, 0.1) is 24.5 Å². The molecule has 4 rings (SSSR count). The molecule has 0 aliphatic carbocycles. The molecule has 29 heavy (non-hydrogen) atoms. The highest BCUT2D eigenvalue weighted by Crippen LogP contribution is 2.29. The van der Waals surface area contributed by atoms with Gasteiger partial charge in [-0.05, 0) is 67.1 Å². The van der Waals surface area contributed by atoms with Gasteiger partial charge in [0.1, 0.15) is 23.4 Å². The Balaban J connectivity index is 1.64. The molecule has 3 aromatic carbocycles. The Kier molecular flexibility index (Phi) is 5.18. The lowest BCUT2D eigenvalue weighted by Crippen LogP contribution is -2.29. The van der Waals surface area contributed by atoms with Gasteiger partial charge in [-0.25, -0.2) is 9.07 Å². The number of ether oxygens (including phenoxy) is 2. The number of methoxy groups -OCH3 is 1. The zero-order valence-corrected chi connectivity index (χ0v) is 16.2. The van der Waals surface area contributed by atoms with Crippen molar-refractivity contribution in [2.24, 2.45) is 5.73 Å². The molecular formula is C23H22FN3O2. The first-order valence-corrected chi connectivity index (χ1v) is 9.35. The number of rotatable bonds is 6. The Bertz CT molecular complexity index is 1120. The first-order valence-electron chi connectivity index (χ1n) is 9.35. The second kappa shape index (κ2) is 7.93. The molecule has 4 aromatic rings. The van der Waals surface area contributed by atoms with Crippen LogP contribution in [0.1, 0.15) is 18.6 Å². The van der Waals surface area contributed by atoms with Crippen molar-refractivity contribution in [3.8, 4) is 17.2 Å². The molecule has 6 heteroatoms. The summed E-state index contributed by atoms with van der Waals surface area (Å²) in [5.74, 6) is 1.18. The monoisotopic (exact) mass is 391 g/mol. The summed E-state index contributed by atoms with van der Waals surface area (Å²) in [4.78, 5) is 0. The lowest BCUT2D eigenvalue weighted by Gasteiger charge is -2.23. The molecule has 0 saturated carbocycles. The van der Waals surface area contributed by atoms with Crippen LogP contribution >= 0.6 is 0 Å². The maximum absolute atomic E-state index is 13.2. The molecule has 0 fully saturated rings. The highest BCUT2D eigenvalue weighted by molar-refractivity contribution is 5.81. The van der Waals surface area contributed by atoms with Gasteiger partial charge in [-0.3, -0.25) is 0 Å². The fourth-order valence-corrected chi connectivity index (χ4v) is 3.32. The molecule has 1 unspecified atom stereocenters. The van der Waals surface area contributed by atoms with Crippen molar-refractivity contribution in [3.63, 3.8) is 0 Å². The Morgan fingerprint density at radius 2 is 1.79 bits per heavy atom. The van der Waals surface area contributed by atoms with Gasteiger partial charge in [0.15, 0.2) is 0 Å². The van der Waals surface area contributed by atoms with Gasteiger partial charge in [0.2, 0.25) is 0 Å². The molecule has 0 radical (unpaired) electrons. The fourth-order valence-electron chi connectivity index (χ4n) is 3.32. The highest BCUT2D eigenvalue weighted by Gasteiger charge is 2.19. The fraction of sp³-hybridized carbons (Fsp3) is 0.174. The van der Waals surface area contributed by atoms with E-state index in [1.807, 2.05) is 49.4 Å². The second-order valence-electron chi connectivity index (χ2n) is 6.93.